The Balaban J connectivity index is 2.22. The highest BCUT2D eigenvalue weighted by Gasteiger charge is 2.12. The molecular formula is C13H14BrN3O. The molecule has 2 rings (SSSR count). The third kappa shape index (κ3) is 2.61. The number of halogens is 1. The quantitative estimate of drug-likeness (QED) is 0.943. The highest BCUT2D eigenvalue weighted by Crippen LogP contribution is 2.19. The van der Waals surface area contributed by atoms with E-state index in [-0.39, 0.29) is 11.9 Å². The first kappa shape index (κ1) is 12.8. The van der Waals surface area contributed by atoms with Gasteiger partial charge in [-0.25, -0.2) is 4.68 Å². The number of rotatable bonds is 3. The van der Waals surface area contributed by atoms with Gasteiger partial charge in [-0.1, -0.05) is 12.1 Å². The summed E-state index contributed by atoms with van der Waals surface area (Å²) in [5, 5.41) is 7.04. The van der Waals surface area contributed by atoms with E-state index in [1.54, 1.807) is 23.0 Å². The molecule has 1 heterocycles. The van der Waals surface area contributed by atoms with Gasteiger partial charge >= 0.3 is 0 Å². The number of aromatic nitrogens is 2. The highest BCUT2D eigenvalue weighted by molar-refractivity contribution is 9.10. The summed E-state index contributed by atoms with van der Waals surface area (Å²) >= 11 is 3.37. The van der Waals surface area contributed by atoms with Gasteiger partial charge in [0.2, 0.25) is 0 Å². The van der Waals surface area contributed by atoms with Gasteiger partial charge in [-0.15, -0.1) is 0 Å². The summed E-state index contributed by atoms with van der Waals surface area (Å²) < 4.78 is 2.55. The fourth-order valence-electron chi connectivity index (χ4n) is 1.65. The van der Waals surface area contributed by atoms with E-state index in [1.807, 2.05) is 32.0 Å². The molecule has 0 saturated carbocycles. The zero-order valence-electron chi connectivity index (χ0n) is 10.2. The predicted octanol–water partition coefficient (Wildman–Crippen LogP) is 3.48. The van der Waals surface area contributed by atoms with Crippen molar-refractivity contribution < 1.29 is 4.79 Å². The molecule has 2 aromatic rings. The van der Waals surface area contributed by atoms with Crippen molar-refractivity contribution in [2.45, 2.75) is 19.9 Å². The molecule has 0 aliphatic rings. The molecule has 0 aliphatic carbocycles. The van der Waals surface area contributed by atoms with Crippen LogP contribution in [0.4, 0.5) is 5.82 Å². The number of benzene rings is 1. The van der Waals surface area contributed by atoms with E-state index in [0.29, 0.717) is 11.4 Å². The molecule has 94 valence electrons. The first-order valence-electron chi connectivity index (χ1n) is 5.69. The summed E-state index contributed by atoms with van der Waals surface area (Å²) in [5.74, 6) is 0.552. The van der Waals surface area contributed by atoms with Crippen molar-refractivity contribution >= 4 is 27.7 Å². The lowest BCUT2D eigenvalue weighted by Gasteiger charge is -2.12. The van der Waals surface area contributed by atoms with Gasteiger partial charge in [-0.2, -0.15) is 5.10 Å². The van der Waals surface area contributed by atoms with Crippen LogP contribution in [0, 0.1) is 0 Å². The van der Waals surface area contributed by atoms with Crippen LogP contribution >= 0.6 is 15.9 Å². The average molecular weight is 308 g/mol. The van der Waals surface area contributed by atoms with Crippen molar-refractivity contribution in [1.29, 1.82) is 0 Å². The van der Waals surface area contributed by atoms with Crippen LogP contribution in [-0.4, -0.2) is 15.7 Å². The van der Waals surface area contributed by atoms with Crippen molar-refractivity contribution in [1.82, 2.24) is 9.78 Å². The lowest BCUT2D eigenvalue weighted by molar-refractivity contribution is 0.102. The zero-order valence-corrected chi connectivity index (χ0v) is 11.8. The molecule has 1 amide bonds. The van der Waals surface area contributed by atoms with Crippen LogP contribution in [0.15, 0.2) is 41.0 Å². The standard InChI is InChI=1S/C13H14BrN3O/c1-9(2)17-12(7-8-15-17)16-13(18)10-5-3-4-6-11(10)14/h3-9H,1-2H3,(H,16,18). The summed E-state index contributed by atoms with van der Waals surface area (Å²) in [6.45, 7) is 4.03. The molecule has 0 unspecified atom stereocenters. The van der Waals surface area contributed by atoms with Crippen LogP contribution in [0.1, 0.15) is 30.2 Å². The summed E-state index contributed by atoms with van der Waals surface area (Å²) in [5.41, 5.74) is 0.606. The summed E-state index contributed by atoms with van der Waals surface area (Å²) in [4.78, 5) is 12.1. The van der Waals surface area contributed by atoms with Gasteiger partial charge < -0.3 is 5.32 Å². The minimum Gasteiger partial charge on any atom is -0.307 e. The lowest BCUT2D eigenvalue weighted by Crippen LogP contribution is -2.17. The molecule has 18 heavy (non-hydrogen) atoms. The largest absolute Gasteiger partial charge is 0.307 e. The van der Waals surface area contributed by atoms with E-state index >= 15 is 0 Å². The topological polar surface area (TPSA) is 46.9 Å². The predicted molar refractivity (Wildman–Crippen MR) is 74.7 cm³/mol. The maximum atomic E-state index is 12.1. The molecule has 1 N–H and O–H groups in total. The average Bonchev–Trinajstić information content (AvgIpc) is 2.77. The second-order valence-corrected chi connectivity index (χ2v) is 5.04. The van der Waals surface area contributed by atoms with Crippen LogP contribution in [-0.2, 0) is 0 Å². The van der Waals surface area contributed by atoms with E-state index in [2.05, 4.69) is 26.3 Å². The minimum absolute atomic E-state index is 0.148. The fourth-order valence-corrected chi connectivity index (χ4v) is 2.12. The normalized spacial score (nSPS) is 10.7. The summed E-state index contributed by atoms with van der Waals surface area (Å²) in [6.07, 6.45) is 1.68. The van der Waals surface area contributed by atoms with Crippen LogP contribution in [0.3, 0.4) is 0 Å². The molecule has 5 heteroatoms. The first-order chi connectivity index (χ1) is 8.59. The maximum absolute atomic E-state index is 12.1. The molecule has 0 bridgehead atoms. The van der Waals surface area contributed by atoms with Crippen LogP contribution in [0.25, 0.3) is 0 Å². The van der Waals surface area contributed by atoms with Gasteiger partial charge in [0.15, 0.2) is 0 Å². The Bertz CT molecular complexity index is 563. The Labute approximate surface area is 114 Å². The van der Waals surface area contributed by atoms with Crippen molar-refractivity contribution in [3.05, 3.63) is 46.6 Å². The lowest BCUT2D eigenvalue weighted by atomic mass is 10.2. The molecule has 0 fully saturated rings. The van der Waals surface area contributed by atoms with Crippen molar-refractivity contribution in [3.63, 3.8) is 0 Å². The Kier molecular flexibility index (Phi) is 3.81. The molecule has 1 aromatic heterocycles. The van der Waals surface area contributed by atoms with Crippen LogP contribution in [0.2, 0.25) is 0 Å². The van der Waals surface area contributed by atoms with Crippen molar-refractivity contribution in [2.75, 3.05) is 5.32 Å². The Morgan fingerprint density at radius 3 is 2.72 bits per heavy atom. The maximum Gasteiger partial charge on any atom is 0.257 e. The minimum atomic E-state index is -0.148. The Hall–Kier alpha value is -1.62. The third-order valence-corrected chi connectivity index (χ3v) is 3.21. The van der Waals surface area contributed by atoms with Gasteiger partial charge in [0.1, 0.15) is 5.82 Å². The molecule has 4 nitrogen and oxygen atoms in total. The van der Waals surface area contributed by atoms with E-state index in [4.69, 9.17) is 0 Å². The van der Waals surface area contributed by atoms with Gasteiger partial charge in [0, 0.05) is 16.6 Å². The summed E-state index contributed by atoms with van der Waals surface area (Å²) in [6, 6.07) is 9.31. The third-order valence-electron chi connectivity index (χ3n) is 2.52. The van der Waals surface area contributed by atoms with Crippen LogP contribution in [0.5, 0.6) is 0 Å². The van der Waals surface area contributed by atoms with Gasteiger partial charge in [-0.3, -0.25) is 4.79 Å². The number of hydrogen-bond acceptors (Lipinski definition) is 2. The van der Waals surface area contributed by atoms with E-state index in [0.717, 1.165) is 4.47 Å². The molecule has 1 aromatic carbocycles. The molecule has 0 aliphatic heterocycles. The number of anilines is 1. The second kappa shape index (κ2) is 5.35. The first-order valence-corrected chi connectivity index (χ1v) is 6.48. The van der Waals surface area contributed by atoms with Crippen molar-refractivity contribution in [2.24, 2.45) is 0 Å². The highest BCUT2D eigenvalue weighted by atomic mass is 79.9. The number of carbonyl (C=O) groups excluding carboxylic acids is 1. The molecule has 0 saturated heterocycles. The summed E-state index contributed by atoms with van der Waals surface area (Å²) in [7, 11) is 0. The molecule has 0 radical (unpaired) electrons. The molecule has 0 atom stereocenters. The van der Waals surface area contributed by atoms with E-state index in [1.165, 1.54) is 0 Å². The van der Waals surface area contributed by atoms with Crippen LogP contribution < -0.4 is 5.32 Å². The smallest absolute Gasteiger partial charge is 0.257 e. The monoisotopic (exact) mass is 307 g/mol. The number of carbonyl (C=O) groups is 1. The fraction of sp³-hybridized carbons (Fsp3) is 0.231. The SMILES string of the molecule is CC(C)n1nccc1NC(=O)c1ccccc1Br. The van der Waals surface area contributed by atoms with Gasteiger partial charge in [-0.05, 0) is 41.9 Å². The Morgan fingerprint density at radius 1 is 1.33 bits per heavy atom. The number of nitrogens with zero attached hydrogens (tertiary/aromatic N) is 2. The number of nitrogens with one attached hydrogen (secondary N) is 1. The van der Waals surface area contributed by atoms with Gasteiger partial charge in [0.05, 0.1) is 11.8 Å². The van der Waals surface area contributed by atoms with E-state index in [9.17, 15) is 4.79 Å². The Morgan fingerprint density at radius 2 is 2.06 bits per heavy atom. The van der Waals surface area contributed by atoms with Crippen molar-refractivity contribution in [3.8, 4) is 0 Å². The van der Waals surface area contributed by atoms with Gasteiger partial charge in [0.25, 0.3) is 5.91 Å². The second-order valence-electron chi connectivity index (χ2n) is 4.19. The number of amides is 1. The molecular weight excluding hydrogens is 294 g/mol. The molecule has 0 spiro atoms. The zero-order chi connectivity index (χ0) is 13.1. The number of hydrogen-bond donors (Lipinski definition) is 1. The van der Waals surface area contributed by atoms with E-state index < -0.39 is 0 Å².